The van der Waals surface area contributed by atoms with Gasteiger partial charge in [0.25, 0.3) is 0 Å². The van der Waals surface area contributed by atoms with Gasteiger partial charge in [-0.1, -0.05) is 53.7 Å². The molecule has 5 heteroatoms. The van der Waals surface area contributed by atoms with Crippen molar-refractivity contribution in [2.45, 2.75) is 20.0 Å². The van der Waals surface area contributed by atoms with E-state index in [1.807, 2.05) is 49.4 Å². The van der Waals surface area contributed by atoms with Gasteiger partial charge in [-0.15, -0.1) is 0 Å². The summed E-state index contributed by atoms with van der Waals surface area (Å²) >= 11 is 0. The second-order valence-corrected chi connectivity index (χ2v) is 5.65. The summed E-state index contributed by atoms with van der Waals surface area (Å²) in [6.07, 6.45) is 0.739. The molecular weight excluding hydrogens is 318 g/mol. The first-order valence-electron chi connectivity index (χ1n) is 8.03. The zero-order valence-corrected chi connectivity index (χ0v) is 14.0. The predicted octanol–water partition coefficient (Wildman–Crippen LogP) is 3.70. The number of carbonyl (C=O) groups excluding carboxylic acids is 1. The molecule has 3 aromatic rings. The van der Waals surface area contributed by atoms with Crippen LogP contribution >= 0.6 is 0 Å². The monoisotopic (exact) mass is 337 g/mol. The Balaban J connectivity index is 1.55. The van der Waals surface area contributed by atoms with E-state index in [0.717, 1.165) is 17.7 Å². The van der Waals surface area contributed by atoms with E-state index in [0.29, 0.717) is 11.5 Å². The normalized spacial score (nSPS) is 10.4. The fraction of sp³-hybridized carbons (Fsp3) is 0.200. The molecule has 0 amide bonds. The Morgan fingerprint density at radius 1 is 1.08 bits per heavy atom. The van der Waals surface area contributed by atoms with Crippen LogP contribution in [-0.2, 0) is 22.6 Å². The number of para-hydroxylation sites is 1. The fourth-order valence-electron chi connectivity index (χ4n) is 2.42. The highest BCUT2D eigenvalue weighted by Crippen LogP contribution is 2.21. The van der Waals surface area contributed by atoms with Gasteiger partial charge in [0.2, 0.25) is 0 Å². The van der Waals surface area contributed by atoms with Crippen molar-refractivity contribution in [2.75, 3.05) is 6.61 Å². The molecule has 0 spiro atoms. The van der Waals surface area contributed by atoms with E-state index in [9.17, 15) is 4.79 Å². The van der Waals surface area contributed by atoms with Crippen LogP contribution in [0.1, 0.15) is 22.6 Å². The molecule has 0 radical (unpaired) electrons. The van der Waals surface area contributed by atoms with Crippen molar-refractivity contribution < 1.29 is 18.8 Å². The van der Waals surface area contributed by atoms with Gasteiger partial charge in [0.15, 0.2) is 19.0 Å². The van der Waals surface area contributed by atoms with Crippen LogP contribution in [0.3, 0.4) is 0 Å². The summed E-state index contributed by atoms with van der Waals surface area (Å²) in [4.78, 5) is 11.9. The molecule has 0 bridgehead atoms. The average molecular weight is 337 g/mol. The number of aromatic nitrogens is 1. The van der Waals surface area contributed by atoms with E-state index in [-0.39, 0.29) is 13.2 Å². The first-order chi connectivity index (χ1) is 12.2. The molecule has 128 valence electrons. The Hall–Kier alpha value is -3.08. The molecule has 3 rings (SSSR count). The highest BCUT2D eigenvalue weighted by Gasteiger charge is 2.10. The van der Waals surface area contributed by atoms with Gasteiger partial charge >= 0.3 is 5.97 Å². The van der Waals surface area contributed by atoms with Crippen molar-refractivity contribution >= 4 is 5.97 Å². The number of hydrogen-bond donors (Lipinski definition) is 0. The second-order valence-electron chi connectivity index (χ2n) is 5.65. The number of esters is 1. The molecule has 25 heavy (non-hydrogen) atoms. The lowest BCUT2D eigenvalue weighted by atomic mass is 10.0. The van der Waals surface area contributed by atoms with E-state index >= 15 is 0 Å². The molecule has 0 saturated carbocycles. The standard InChI is InChI=1S/C20H19NO4/c1-15-11-18(25-21-15)13-24-20(22)14-23-19-10-6-5-9-17(19)12-16-7-3-2-4-8-16/h2-11H,12-14H2,1H3. The SMILES string of the molecule is Cc1cc(COC(=O)COc2ccccc2Cc2ccccc2)on1. The van der Waals surface area contributed by atoms with Crippen LogP contribution in [0.5, 0.6) is 5.75 Å². The molecule has 5 nitrogen and oxygen atoms in total. The zero-order chi connectivity index (χ0) is 17.5. The molecule has 0 N–H and O–H groups in total. The highest BCUT2D eigenvalue weighted by molar-refractivity contribution is 5.71. The Kier molecular flexibility index (Phi) is 5.46. The Morgan fingerprint density at radius 2 is 1.84 bits per heavy atom. The van der Waals surface area contributed by atoms with Crippen LogP contribution in [-0.4, -0.2) is 17.7 Å². The van der Waals surface area contributed by atoms with E-state index in [4.69, 9.17) is 14.0 Å². The lowest BCUT2D eigenvalue weighted by Gasteiger charge is -2.11. The van der Waals surface area contributed by atoms with Gasteiger partial charge in [-0.25, -0.2) is 4.79 Å². The topological polar surface area (TPSA) is 61.6 Å². The molecule has 1 aromatic heterocycles. The third-order valence-electron chi connectivity index (χ3n) is 3.61. The number of carbonyl (C=O) groups is 1. The Labute approximate surface area is 146 Å². The summed E-state index contributed by atoms with van der Waals surface area (Å²) in [5.41, 5.74) is 2.95. The van der Waals surface area contributed by atoms with Crippen molar-refractivity contribution in [3.05, 3.63) is 83.2 Å². The molecule has 0 aliphatic heterocycles. The molecular formula is C20H19NO4. The second kappa shape index (κ2) is 8.15. The smallest absolute Gasteiger partial charge is 0.344 e. The summed E-state index contributed by atoms with van der Waals surface area (Å²) in [5, 5.41) is 3.74. The third-order valence-corrected chi connectivity index (χ3v) is 3.61. The first-order valence-corrected chi connectivity index (χ1v) is 8.03. The number of aryl methyl sites for hydroxylation is 1. The summed E-state index contributed by atoms with van der Waals surface area (Å²) in [6, 6.07) is 19.5. The van der Waals surface area contributed by atoms with Crippen LogP contribution < -0.4 is 4.74 Å². The average Bonchev–Trinajstić information content (AvgIpc) is 3.05. The maximum absolute atomic E-state index is 11.9. The molecule has 2 aromatic carbocycles. The predicted molar refractivity (Wildman–Crippen MR) is 92.2 cm³/mol. The van der Waals surface area contributed by atoms with Gasteiger partial charge in [-0.3, -0.25) is 0 Å². The maximum atomic E-state index is 11.9. The van der Waals surface area contributed by atoms with Crippen molar-refractivity contribution in [1.29, 1.82) is 0 Å². The van der Waals surface area contributed by atoms with Crippen molar-refractivity contribution in [3.8, 4) is 5.75 Å². The Morgan fingerprint density at radius 3 is 2.60 bits per heavy atom. The van der Waals surface area contributed by atoms with Gasteiger partial charge in [0, 0.05) is 12.5 Å². The van der Waals surface area contributed by atoms with E-state index in [1.54, 1.807) is 6.07 Å². The molecule has 0 saturated heterocycles. The number of hydrogen-bond acceptors (Lipinski definition) is 5. The first kappa shape index (κ1) is 16.8. The number of ether oxygens (including phenoxy) is 2. The van der Waals surface area contributed by atoms with E-state index in [1.165, 1.54) is 5.56 Å². The fourth-order valence-corrected chi connectivity index (χ4v) is 2.42. The molecule has 1 heterocycles. The minimum Gasteiger partial charge on any atom is -0.482 e. The molecule has 0 fully saturated rings. The number of benzene rings is 2. The quantitative estimate of drug-likeness (QED) is 0.615. The van der Waals surface area contributed by atoms with Gasteiger partial charge in [0.05, 0.1) is 5.69 Å². The van der Waals surface area contributed by atoms with Crippen LogP contribution in [0, 0.1) is 6.92 Å². The van der Waals surface area contributed by atoms with Crippen molar-refractivity contribution in [1.82, 2.24) is 5.16 Å². The van der Waals surface area contributed by atoms with Gasteiger partial charge in [-0.2, -0.15) is 0 Å². The van der Waals surface area contributed by atoms with Crippen LogP contribution in [0.25, 0.3) is 0 Å². The van der Waals surface area contributed by atoms with Gasteiger partial charge in [-0.05, 0) is 24.1 Å². The molecule has 0 atom stereocenters. The molecule has 0 aliphatic rings. The zero-order valence-electron chi connectivity index (χ0n) is 14.0. The largest absolute Gasteiger partial charge is 0.482 e. The van der Waals surface area contributed by atoms with Gasteiger partial charge < -0.3 is 14.0 Å². The summed E-state index contributed by atoms with van der Waals surface area (Å²) in [7, 11) is 0. The number of rotatable bonds is 7. The minimum absolute atomic E-state index is 0.0503. The van der Waals surface area contributed by atoms with Crippen LogP contribution in [0.15, 0.2) is 65.2 Å². The molecule has 0 unspecified atom stereocenters. The molecule has 0 aliphatic carbocycles. The van der Waals surface area contributed by atoms with E-state index in [2.05, 4.69) is 17.3 Å². The van der Waals surface area contributed by atoms with Crippen LogP contribution in [0.4, 0.5) is 0 Å². The third kappa shape index (κ3) is 4.94. The minimum atomic E-state index is -0.455. The van der Waals surface area contributed by atoms with Crippen LogP contribution in [0.2, 0.25) is 0 Å². The van der Waals surface area contributed by atoms with Crippen molar-refractivity contribution in [2.24, 2.45) is 0 Å². The summed E-state index contributed by atoms with van der Waals surface area (Å²) in [5.74, 6) is 0.734. The van der Waals surface area contributed by atoms with Gasteiger partial charge in [0.1, 0.15) is 5.75 Å². The highest BCUT2D eigenvalue weighted by atomic mass is 16.6. The maximum Gasteiger partial charge on any atom is 0.344 e. The summed E-state index contributed by atoms with van der Waals surface area (Å²) in [6.45, 7) is 1.70. The lowest BCUT2D eigenvalue weighted by molar-refractivity contribution is -0.147. The Bertz CT molecular complexity index is 826. The lowest BCUT2D eigenvalue weighted by Crippen LogP contribution is -2.15. The summed E-state index contributed by atoms with van der Waals surface area (Å²) < 4.78 is 15.8. The van der Waals surface area contributed by atoms with E-state index < -0.39 is 5.97 Å². The number of nitrogens with zero attached hydrogens (tertiary/aromatic N) is 1. The van der Waals surface area contributed by atoms with Crippen molar-refractivity contribution in [3.63, 3.8) is 0 Å².